The molecule has 0 aromatic carbocycles. The van der Waals surface area contributed by atoms with Crippen LogP contribution in [-0.2, 0) is 9.59 Å². The molecule has 0 spiro atoms. The minimum atomic E-state index is -0.433. The second-order valence-corrected chi connectivity index (χ2v) is 9.02. The van der Waals surface area contributed by atoms with E-state index in [1.807, 2.05) is 41.4 Å². The molecule has 26 heavy (non-hydrogen) atoms. The van der Waals surface area contributed by atoms with Gasteiger partial charge in [0.05, 0.1) is 0 Å². The first kappa shape index (κ1) is 19.4. The Kier molecular flexibility index (Phi) is 6.35. The number of hydrogen-bond donors (Lipinski definition) is 0. The summed E-state index contributed by atoms with van der Waals surface area (Å²) < 4.78 is 0. The predicted molar refractivity (Wildman–Crippen MR) is 105 cm³/mol. The van der Waals surface area contributed by atoms with Crippen LogP contribution in [0.25, 0.3) is 0 Å². The number of carbonyl (C=O) groups excluding carboxylic acids is 2. The van der Waals surface area contributed by atoms with Crippen LogP contribution in [0.2, 0.25) is 0 Å². The predicted octanol–water partition coefficient (Wildman–Crippen LogP) is 2.99. The number of hydrogen-bond acceptors (Lipinski definition) is 4. The zero-order chi connectivity index (χ0) is 18.7. The van der Waals surface area contributed by atoms with Crippen molar-refractivity contribution in [3.8, 4) is 0 Å². The van der Waals surface area contributed by atoms with E-state index < -0.39 is 6.04 Å². The van der Waals surface area contributed by atoms with Crippen molar-refractivity contribution >= 4 is 23.2 Å². The van der Waals surface area contributed by atoms with E-state index in [1.165, 1.54) is 0 Å². The van der Waals surface area contributed by atoms with E-state index in [0.29, 0.717) is 6.54 Å². The topological polar surface area (TPSA) is 43.9 Å². The Balaban J connectivity index is 1.78. The monoisotopic (exact) mass is 377 g/mol. The third-order valence-electron chi connectivity index (χ3n) is 5.70. The average molecular weight is 378 g/mol. The van der Waals surface area contributed by atoms with Crippen LogP contribution in [0.1, 0.15) is 49.9 Å². The van der Waals surface area contributed by atoms with Crippen LogP contribution in [0, 0.1) is 5.92 Å². The summed E-state index contributed by atoms with van der Waals surface area (Å²) in [4.78, 5) is 33.2. The number of nitrogens with zero attached hydrogens (tertiary/aromatic N) is 3. The molecule has 1 saturated carbocycles. The number of piperazine rings is 1. The highest BCUT2D eigenvalue weighted by atomic mass is 32.1. The third kappa shape index (κ3) is 4.29. The Bertz CT molecular complexity index is 609. The van der Waals surface area contributed by atoms with Crippen molar-refractivity contribution in [3.05, 3.63) is 22.4 Å². The summed E-state index contributed by atoms with van der Waals surface area (Å²) in [5.41, 5.74) is 0. The first-order valence-corrected chi connectivity index (χ1v) is 10.6. The molecular weight excluding hydrogens is 346 g/mol. The fourth-order valence-electron chi connectivity index (χ4n) is 4.15. The molecule has 0 bridgehead atoms. The van der Waals surface area contributed by atoms with Crippen molar-refractivity contribution in [2.24, 2.45) is 5.92 Å². The van der Waals surface area contributed by atoms with E-state index in [9.17, 15) is 9.59 Å². The summed E-state index contributed by atoms with van der Waals surface area (Å²) >= 11 is 1.58. The molecule has 2 fully saturated rings. The smallest absolute Gasteiger partial charge is 0.251 e. The molecule has 1 aliphatic heterocycles. The lowest BCUT2D eigenvalue weighted by Gasteiger charge is -2.44. The van der Waals surface area contributed by atoms with E-state index in [4.69, 9.17) is 0 Å². The second kappa shape index (κ2) is 8.53. The van der Waals surface area contributed by atoms with Crippen molar-refractivity contribution in [2.75, 3.05) is 33.7 Å². The summed E-state index contributed by atoms with van der Waals surface area (Å²) in [5.74, 6) is 0.953. The molecule has 2 aliphatic rings. The van der Waals surface area contributed by atoms with Gasteiger partial charge in [-0.3, -0.25) is 9.59 Å². The van der Waals surface area contributed by atoms with E-state index in [1.54, 1.807) is 11.3 Å². The van der Waals surface area contributed by atoms with Crippen molar-refractivity contribution < 1.29 is 9.59 Å². The summed E-state index contributed by atoms with van der Waals surface area (Å²) in [6.45, 7) is 4.09. The summed E-state index contributed by atoms with van der Waals surface area (Å²) in [6.07, 6.45) is 5.24. The van der Waals surface area contributed by atoms with E-state index in [0.717, 1.165) is 49.4 Å². The van der Waals surface area contributed by atoms with Gasteiger partial charge in [-0.15, -0.1) is 11.3 Å². The maximum atomic E-state index is 13.4. The van der Waals surface area contributed by atoms with Gasteiger partial charge in [0, 0.05) is 17.5 Å². The zero-order valence-corrected chi connectivity index (χ0v) is 17.0. The molecule has 0 radical (unpaired) electrons. The number of rotatable bonds is 6. The van der Waals surface area contributed by atoms with Gasteiger partial charge in [-0.1, -0.05) is 13.0 Å². The summed E-state index contributed by atoms with van der Waals surface area (Å²) in [6, 6.07) is 3.76. The Morgan fingerprint density at radius 2 is 1.92 bits per heavy atom. The van der Waals surface area contributed by atoms with E-state index >= 15 is 0 Å². The molecule has 144 valence electrons. The van der Waals surface area contributed by atoms with Crippen molar-refractivity contribution in [2.45, 2.75) is 51.1 Å². The van der Waals surface area contributed by atoms with Crippen molar-refractivity contribution in [1.29, 1.82) is 0 Å². The first-order valence-electron chi connectivity index (χ1n) is 9.75. The molecule has 1 unspecified atom stereocenters. The fraction of sp³-hybridized carbons (Fsp3) is 0.700. The van der Waals surface area contributed by atoms with Gasteiger partial charge >= 0.3 is 0 Å². The average Bonchev–Trinajstić information content (AvgIpc) is 3.12. The molecule has 5 nitrogen and oxygen atoms in total. The number of amides is 2. The molecule has 6 heteroatoms. The molecule has 0 N–H and O–H groups in total. The summed E-state index contributed by atoms with van der Waals surface area (Å²) in [5, 5.41) is 1.99. The number of carbonyl (C=O) groups is 2. The lowest BCUT2D eigenvalue weighted by atomic mass is 9.86. The van der Waals surface area contributed by atoms with Crippen LogP contribution in [0.3, 0.4) is 0 Å². The molecule has 1 aromatic rings. The molecule has 2 amide bonds. The lowest BCUT2D eigenvalue weighted by Crippen LogP contribution is -2.58. The van der Waals surface area contributed by atoms with Crippen LogP contribution in [0.15, 0.2) is 17.5 Å². The van der Waals surface area contributed by atoms with Gasteiger partial charge in [0.15, 0.2) is 0 Å². The highest BCUT2D eigenvalue weighted by Crippen LogP contribution is 2.35. The largest absolute Gasteiger partial charge is 0.328 e. The van der Waals surface area contributed by atoms with Gasteiger partial charge in [0.25, 0.3) is 5.91 Å². The van der Waals surface area contributed by atoms with Gasteiger partial charge in [0.1, 0.15) is 12.6 Å². The van der Waals surface area contributed by atoms with Gasteiger partial charge in [-0.25, -0.2) is 0 Å². The fourth-order valence-corrected chi connectivity index (χ4v) is 4.97. The molecule has 2 heterocycles. The summed E-state index contributed by atoms with van der Waals surface area (Å²) in [7, 11) is 4.07. The van der Waals surface area contributed by atoms with E-state index in [2.05, 4.69) is 11.8 Å². The van der Waals surface area contributed by atoms with Crippen LogP contribution in [-0.4, -0.2) is 66.3 Å². The Hall–Kier alpha value is -1.40. The van der Waals surface area contributed by atoms with E-state index in [-0.39, 0.29) is 24.4 Å². The maximum Gasteiger partial charge on any atom is 0.251 e. The third-order valence-corrected chi connectivity index (χ3v) is 6.62. The Labute approximate surface area is 161 Å². The highest BCUT2D eigenvalue weighted by molar-refractivity contribution is 7.10. The van der Waals surface area contributed by atoms with Crippen molar-refractivity contribution in [3.63, 3.8) is 0 Å². The molecule has 1 atom stereocenters. The Morgan fingerprint density at radius 1 is 1.19 bits per heavy atom. The SMILES string of the molecule is CC1CCC(N2CC(=O)N(CCCN(C)C)C(c3cccs3)C2=O)CC1. The van der Waals surface area contributed by atoms with Crippen molar-refractivity contribution in [1.82, 2.24) is 14.7 Å². The van der Waals surface area contributed by atoms with Gasteiger partial charge in [-0.2, -0.15) is 0 Å². The second-order valence-electron chi connectivity index (χ2n) is 8.04. The molecule has 1 aromatic heterocycles. The zero-order valence-electron chi connectivity index (χ0n) is 16.2. The normalized spacial score (nSPS) is 27.5. The number of thiophene rings is 1. The van der Waals surface area contributed by atoms with Crippen LogP contribution < -0.4 is 0 Å². The van der Waals surface area contributed by atoms with Gasteiger partial charge < -0.3 is 14.7 Å². The first-order chi connectivity index (χ1) is 12.5. The van der Waals surface area contributed by atoms with Crippen LogP contribution >= 0.6 is 11.3 Å². The van der Waals surface area contributed by atoms with Gasteiger partial charge in [0.2, 0.25) is 5.91 Å². The van der Waals surface area contributed by atoms with Gasteiger partial charge in [-0.05, 0) is 70.1 Å². The Morgan fingerprint density at radius 3 is 2.54 bits per heavy atom. The lowest BCUT2D eigenvalue weighted by molar-refractivity contribution is -0.159. The molecule has 1 aliphatic carbocycles. The molecular formula is C20H31N3O2S. The van der Waals surface area contributed by atoms with Crippen LogP contribution in [0.4, 0.5) is 0 Å². The minimum absolute atomic E-state index is 0.0976. The quantitative estimate of drug-likeness (QED) is 0.765. The molecule has 1 saturated heterocycles. The molecule has 3 rings (SSSR count). The van der Waals surface area contributed by atoms with Crippen LogP contribution in [0.5, 0.6) is 0 Å². The minimum Gasteiger partial charge on any atom is -0.328 e. The highest BCUT2D eigenvalue weighted by Gasteiger charge is 2.43. The maximum absolute atomic E-state index is 13.4. The standard InChI is InChI=1S/C20H31N3O2S/c1-15-7-9-16(10-8-15)23-14-18(24)22(12-5-11-21(2)3)19(20(23)25)17-6-4-13-26-17/h4,6,13,15-16,19H,5,7-12,14H2,1-3H3.